The largest absolute Gasteiger partial charge is 0.490 e. The molecule has 0 aliphatic carbocycles. The summed E-state index contributed by atoms with van der Waals surface area (Å²) in [5, 5.41) is 9.01. The van der Waals surface area contributed by atoms with Crippen LogP contribution in [0.25, 0.3) is 0 Å². The van der Waals surface area contributed by atoms with Crippen LogP contribution in [0.3, 0.4) is 0 Å². The van der Waals surface area contributed by atoms with Crippen LogP contribution in [0.2, 0.25) is 0 Å². The van der Waals surface area contributed by atoms with Gasteiger partial charge in [-0.1, -0.05) is 0 Å². The molecule has 0 radical (unpaired) electrons. The minimum atomic E-state index is -0.0232. The number of likely N-dealkylation sites (tertiary alicyclic amines) is 1. The molecule has 1 saturated heterocycles. The van der Waals surface area contributed by atoms with Crippen LogP contribution in [-0.4, -0.2) is 37.1 Å². The number of piperidine rings is 1. The lowest BCUT2D eigenvalue weighted by atomic mass is 10.1. The quantitative estimate of drug-likeness (QED) is 0.802. The van der Waals surface area contributed by atoms with Gasteiger partial charge in [-0.25, -0.2) is 0 Å². The topological polar surface area (TPSA) is 62.6 Å². The van der Waals surface area contributed by atoms with E-state index < -0.39 is 0 Å². The number of hydrogen-bond donors (Lipinski definition) is 0. The molecule has 0 bridgehead atoms. The number of amides is 1. The van der Waals surface area contributed by atoms with Crippen LogP contribution in [-0.2, 0) is 4.79 Å². The number of nitrogens with zero attached hydrogens (tertiary/aromatic N) is 2. The molecule has 118 valence electrons. The average molecular weight is 367 g/mol. The molecule has 22 heavy (non-hydrogen) atoms. The van der Waals surface area contributed by atoms with Crippen molar-refractivity contribution in [2.45, 2.75) is 26.2 Å². The van der Waals surface area contributed by atoms with E-state index in [0.29, 0.717) is 28.1 Å². The van der Waals surface area contributed by atoms with Crippen molar-refractivity contribution in [3.63, 3.8) is 0 Å². The highest BCUT2D eigenvalue weighted by molar-refractivity contribution is 9.10. The highest BCUT2D eigenvalue weighted by atomic mass is 79.9. The van der Waals surface area contributed by atoms with Crippen molar-refractivity contribution in [1.82, 2.24) is 4.90 Å². The van der Waals surface area contributed by atoms with Gasteiger partial charge in [0.1, 0.15) is 0 Å². The average Bonchev–Trinajstić information content (AvgIpc) is 2.54. The van der Waals surface area contributed by atoms with Gasteiger partial charge in [0.15, 0.2) is 18.1 Å². The molecule has 0 atom stereocenters. The van der Waals surface area contributed by atoms with E-state index >= 15 is 0 Å². The van der Waals surface area contributed by atoms with Gasteiger partial charge >= 0.3 is 0 Å². The van der Waals surface area contributed by atoms with Gasteiger partial charge in [-0.2, -0.15) is 5.26 Å². The number of hydrogen-bond acceptors (Lipinski definition) is 4. The standard InChI is InChI=1S/C16H19BrN2O3/c1-2-21-14-9-12(10-18)8-13(17)16(14)22-11-15(20)19-6-4-3-5-7-19/h8-9H,2-7,11H2,1H3. The summed E-state index contributed by atoms with van der Waals surface area (Å²) in [5.41, 5.74) is 0.477. The van der Waals surface area contributed by atoms with Crippen LogP contribution in [0.4, 0.5) is 0 Å². The zero-order chi connectivity index (χ0) is 15.9. The lowest BCUT2D eigenvalue weighted by Gasteiger charge is -2.26. The van der Waals surface area contributed by atoms with Crippen molar-refractivity contribution >= 4 is 21.8 Å². The van der Waals surface area contributed by atoms with E-state index in [1.54, 1.807) is 12.1 Å². The second kappa shape index (κ2) is 8.04. The number of ether oxygens (including phenoxy) is 2. The van der Waals surface area contributed by atoms with Gasteiger partial charge in [-0.15, -0.1) is 0 Å². The van der Waals surface area contributed by atoms with Gasteiger partial charge in [0.05, 0.1) is 22.7 Å². The molecule has 0 N–H and O–H groups in total. The van der Waals surface area contributed by atoms with Crippen LogP contribution < -0.4 is 9.47 Å². The molecule has 5 nitrogen and oxygen atoms in total. The maximum atomic E-state index is 12.2. The van der Waals surface area contributed by atoms with Gasteiger partial charge < -0.3 is 14.4 Å². The fourth-order valence-corrected chi connectivity index (χ4v) is 2.96. The SMILES string of the molecule is CCOc1cc(C#N)cc(Br)c1OCC(=O)N1CCCCC1. The van der Waals surface area contributed by atoms with E-state index in [0.717, 1.165) is 25.9 Å². The fraction of sp³-hybridized carbons (Fsp3) is 0.500. The third-order valence-electron chi connectivity index (χ3n) is 3.49. The van der Waals surface area contributed by atoms with Crippen molar-refractivity contribution in [3.8, 4) is 17.6 Å². The number of carbonyl (C=O) groups excluding carboxylic acids is 1. The molecule has 0 saturated carbocycles. The fourth-order valence-electron chi connectivity index (χ4n) is 2.40. The molecule has 0 aromatic heterocycles. The Balaban J connectivity index is 2.08. The molecule has 0 unspecified atom stereocenters. The maximum absolute atomic E-state index is 12.2. The predicted octanol–water partition coefficient (Wildman–Crippen LogP) is 3.11. The van der Waals surface area contributed by atoms with E-state index in [2.05, 4.69) is 22.0 Å². The minimum absolute atomic E-state index is 0.0154. The number of halogens is 1. The van der Waals surface area contributed by atoms with Crippen molar-refractivity contribution in [2.75, 3.05) is 26.3 Å². The van der Waals surface area contributed by atoms with Crippen LogP contribution in [0, 0.1) is 11.3 Å². The molecule has 1 fully saturated rings. The van der Waals surface area contributed by atoms with Crippen molar-refractivity contribution in [3.05, 3.63) is 22.2 Å². The Hall–Kier alpha value is -1.74. The summed E-state index contributed by atoms with van der Waals surface area (Å²) in [6.07, 6.45) is 3.29. The van der Waals surface area contributed by atoms with Crippen LogP contribution in [0.1, 0.15) is 31.7 Å². The molecule has 1 aliphatic heterocycles. The van der Waals surface area contributed by atoms with E-state index in [9.17, 15) is 4.79 Å². The molecular formula is C16H19BrN2O3. The summed E-state index contributed by atoms with van der Waals surface area (Å²) in [4.78, 5) is 14.0. The summed E-state index contributed by atoms with van der Waals surface area (Å²) in [5.74, 6) is 0.921. The van der Waals surface area contributed by atoms with Crippen molar-refractivity contribution in [2.24, 2.45) is 0 Å². The first-order valence-corrected chi connectivity index (χ1v) is 8.22. The van der Waals surface area contributed by atoms with Gasteiger partial charge in [0.25, 0.3) is 5.91 Å². The summed E-state index contributed by atoms with van der Waals surface area (Å²) in [7, 11) is 0. The predicted molar refractivity (Wildman–Crippen MR) is 86.0 cm³/mol. The molecule has 0 spiro atoms. The van der Waals surface area contributed by atoms with Crippen LogP contribution >= 0.6 is 15.9 Å². The van der Waals surface area contributed by atoms with Gasteiger partial charge in [-0.3, -0.25) is 4.79 Å². The Kier molecular flexibility index (Phi) is 6.08. The normalized spacial score (nSPS) is 14.3. The van der Waals surface area contributed by atoms with E-state index in [-0.39, 0.29) is 12.5 Å². The minimum Gasteiger partial charge on any atom is -0.490 e. The summed E-state index contributed by atoms with van der Waals surface area (Å²) in [6, 6.07) is 5.35. The first-order chi connectivity index (χ1) is 10.7. The Morgan fingerprint density at radius 3 is 2.68 bits per heavy atom. The molecule has 1 amide bonds. The number of rotatable bonds is 5. The molecular weight excluding hydrogens is 348 g/mol. The van der Waals surface area contributed by atoms with E-state index in [1.165, 1.54) is 6.42 Å². The van der Waals surface area contributed by atoms with Crippen molar-refractivity contribution in [1.29, 1.82) is 5.26 Å². The van der Waals surface area contributed by atoms with Gasteiger partial charge in [0, 0.05) is 19.2 Å². The number of nitriles is 1. The first-order valence-electron chi connectivity index (χ1n) is 7.42. The first kappa shape index (κ1) is 16.6. The smallest absolute Gasteiger partial charge is 0.260 e. The van der Waals surface area contributed by atoms with Gasteiger partial charge in [0.2, 0.25) is 0 Å². The van der Waals surface area contributed by atoms with Crippen molar-refractivity contribution < 1.29 is 14.3 Å². The molecule has 1 aromatic carbocycles. The van der Waals surface area contributed by atoms with Gasteiger partial charge in [-0.05, 0) is 48.2 Å². The lowest BCUT2D eigenvalue weighted by Crippen LogP contribution is -2.38. The highest BCUT2D eigenvalue weighted by Crippen LogP contribution is 2.36. The Bertz CT molecular complexity index is 577. The zero-order valence-electron chi connectivity index (χ0n) is 12.6. The second-order valence-electron chi connectivity index (χ2n) is 5.06. The summed E-state index contributed by atoms with van der Waals surface area (Å²) < 4.78 is 11.8. The summed E-state index contributed by atoms with van der Waals surface area (Å²) >= 11 is 3.37. The zero-order valence-corrected chi connectivity index (χ0v) is 14.2. The Morgan fingerprint density at radius 1 is 1.32 bits per heavy atom. The summed E-state index contributed by atoms with van der Waals surface area (Å²) in [6.45, 7) is 3.89. The molecule has 1 aliphatic rings. The van der Waals surface area contributed by atoms with E-state index in [1.807, 2.05) is 11.8 Å². The Labute approximate surface area is 138 Å². The lowest BCUT2D eigenvalue weighted by molar-refractivity contribution is -0.134. The monoisotopic (exact) mass is 366 g/mol. The number of benzene rings is 1. The number of carbonyl (C=O) groups is 1. The third kappa shape index (κ3) is 4.14. The molecule has 1 heterocycles. The van der Waals surface area contributed by atoms with Crippen LogP contribution in [0.5, 0.6) is 11.5 Å². The third-order valence-corrected chi connectivity index (χ3v) is 4.08. The van der Waals surface area contributed by atoms with E-state index in [4.69, 9.17) is 14.7 Å². The maximum Gasteiger partial charge on any atom is 0.260 e. The molecule has 1 aromatic rings. The molecule has 2 rings (SSSR count). The highest BCUT2D eigenvalue weighted by Gasteiger charge is 2.19. The van der Waals surface area contributed by atoms with Crippen LogP contribution in [0.15, 0.2) is 16.6 Å². The Morgan fingerprint density at radius 2 is 2.05 bits per heavy atom. The molecule has 6 heteroatoms. The second-order valence-corrected chi connectivity index (χ2v) is 5.91.